The van der Waals surface area contributed by atoms with E-state index in [1.54, 1.807) is 6.07 Å². The van der Waals surface area contributed by atoms with Gasteiger partial charge in [0.05, 0.1) is 18.2 Å². The van der Waals surface area contributed by atoms with E-state index in [0.717, 1.165) is 36.9 Å². The van der Waals surface area contributed by atoms with Gasteiger partial charge in [0.25, 0.3) is 0 Å². The van der Waals surface area contributed by atoms with Gasteiger partial charge in [0, 0.05) is 30.9 Å². The maximum Gasteiger partial charge on any atom is 0.246 e. The molecule has 7 nitrogen and oxygen atoms in total. The van der Waals surface area contributed by atoms with Crippen LogP contribution in [0.2, 0.25) is 5.02 Å². The molecule has 0 spiro atoms. The fourth-order valence-corrected chi connectivity index (χ4v) is 5.23. The van der Waals surface area contributed by atoms with Gasteiger partial charge < -0.3 is 25.0 Å². The standard InChI is InChI=1S/C27H33ClFN3O4/c1-32(2)21-5-3-4-19(12-21)8-10-35-14-24(33)30-26-16-27(17-26,18-26)31-25(34)15-36-11-9-20-6-7-22(28)23(29)13-20/h3-7,12-13H,8-11,14-18H2,1-2H3,(H,30,33)(H,31,34). The molecule has 0 unspecified atom stereocenters. The van der Waals surface area contributed by atoms with E-state index in [9.17, 15) is 14.0 Å². The minimum atomic E-state index is -0.464. The van der Waals surface area contributed by atoms with Gasteiger partial charge in [0.2, 0.25) is 11.8 Å². The van der Waals surface area contributed by atoms with Crippen LogP contribution in [0, 0.1) is 5.82 Å². The lowest BCUT2D eigenvalue weighted by Crippen LogP contribution is -2.84. The summed E-state index contributed by atoms with van der Waals surface area (Å²) in [6.45, 7) is 0.759. The number of nitrogens with one attached hydrogen (secondary N) is 2. The van der Waals surface area contributed by atoms with Gasteiger partial charge in [0.15, 0.2) is 0 Å². The highest BCUT2D eigenvalue weighted by Gasteiger charge is 2.69. The molecule has 5 rings (SSSR count). The van der Waals surface area contributed by atoms with Crippen molar-refractivity contribution in [2.45, 2.75) is 43.2 Å². The molecule has 0 radical (unpaired) electrons. The Kier molecular flexibility index (Phi) is 8.17. The zero-order valence-corrected chi connectivity index (χ0v) is 21.5. The van der Waals surface area contributed by atoms with Crippen molar-refractivity contribution in [1.29, 1.82) is 0 Å². The van der Waals surface area contributed by atoms with Crippen molar-refractivity contribution < 1.29 is 23.5 Å². The molecule has 3 aliphatic rings. The number of anilines is 1. The van der Waals surface area contributed by atoms with E-state index >= 15 is 0 Å². The summed E-state index contributed by atoms with van der Waals surface area (Å²) in [4.78, 5) is 26.6. The molecule has 3 aliphatic carbocycles. The largest absolute Gasteiger partial charge is 0.378 e. The summed E-state index contributed by atoms with van der Waals surface area (Å²) < 4.78 is 24.5. The summed E-state index contributed by atoms with van der Waals surface area (Å²) in [5.74, 6) is -0.772. The van der Waals surface area contributed by atoms with E-state index in [0.29, 0.717) is 19.6 Å². The molecule has 2 aromatic carbocycles. The van der Waals surface area contributed by atoms with Crippen LogP contribution >= 0.6 is 11.6 Å². The summed E-state index contributed by atoms with van der Waals surface area (Å²) in [7, 11) is 4.01. The summed E-state index contributed by atoms with van der Waals surface area (Å²) in [5, 5.41) is 6.18. The summed E-state index contributed by atoms with van der Waals surface area (Å²) >= 11 is 5.68. The highest BCUT2D eigenvalue weighted by atomic mass is 35.5. The van der Waals surface area contributed by atoms with Gasteiger partial charge >= 0.3 is 0 Å². The molecule has 0 heterocycles. The van der Waals surface area contributed by atoms with Crippen LogP contribution in [-0.2, 0) is 31.9 Å². The molecule has 2 amide bonds. The van der Waals surface area contributed by atoms with Crippen molar-refractivity contribution in [1.82, 2.24) is 10.6 Å². The lowest BCUT2D eigenvalue weighted by molar-refractivity contribution is -0.153. The first-order valence-corrected chi connectivity index (χ1v) is 12.5. The SMILES string of the molecule is CN(C)c1cccc(CCOCC(=O)NC23CC(NC(=O)COCCc4ccc(Cl)c(F)c4)(C2)C3)c1. The van der Waals surface area contributed by atoms with E-state index in [2.05, 4.69) is 33.7 Å². The molecule has 36 heavy (non-hydrogen) atoms. The Balaban J connectivity index is 1.07. The molecule has 194 valence electrons. The highest BCUT2D eigenvalue weighted by Crippen LogP contribution is 2.60. The third-order valence-electron chi connectivity index (χ3n) is 6.79. The zero-order chi connectivity index (χ0) is 25.8. The first-order valence-electron chi connectivity index (χ1n) is 12.2. The molecule has 0 aliphatic heterocycles. The molecule has 0 aromatic heterocycles. The van der Waals surface area contributed by atoms with Crippen LogP contribution in [0.25, 0.3) is 0 Å². The second-order valence-electron chi connectivity index (χ2n) is 10.1. The smallest absolute Gasteiger partial charge is 0.246 e. The number of amides is 2. The van der Waals surface area contributed by atoms with Crippen LogP contribution in [0.3, 0.4) is 0 Å². The highest BCUT2D eigenvalue weighted by molar-refractivity contribution is 6.30. The molecule has 2 bridgehead atoms. The van der Waals surface area contributed by atoms with Crippen molar-refractivity contribution in [2.75, 3.05) is 45.4 Å². The predicted octanol–water partition coefficient (Wildman–Crippen LogP) is 3.27. The van der Waals surface area contributed by atoms with Crippen LogP contribution < -0.4 is 15.5 Å². The molecular weight excluding hydrogens is 485 g/mol. The number of carbonyl (C=O) groups is 2. The number of hydrogen-bond donors (Lipinski definition) is 2. The fourth-order valence-electron chi connectivity index (χ4n) is 5.11. The number of benzene rings is 2. The molecule has 3 fully saturated rings. The zero-order valence-electron chi connectivity index (χ0n) is 20.7. The average molecular weight is 518 g/mol. The van der Waals surface area contributed by atoms with Crippen LogP contribution in [0.15, 0.2) is 42.5 Å². The lowest BCUT2D eigenvalue weighted by Gasteiger charge is -2.70. The van der Waals surface area contributed by atoms with Gasteiger partial charge in [-0.25, -0.2) is 4.39 Å². The minimum Gasteiger partial charge on any atom is -0.378 e. The third kappa shape index (κ3) is 6.55. The Morgan fingerprint density at radius 3 is 2.00 bits per heavy atom. The van der Waals surface area contributed by atoms with E-state index in [4.69, 9.17) is 21.1 Å². The molecular formula is C27H33ClFN3O4. The summed E-state index contributed by atoms with van der Waals surface area (Å²) in [6, 6.07) is 12.9. The Bertz CT molecular complexity index is 1090. The van der Waals surface area contributed by atoms with Gasteiger partial charge in [0.1, 0.15) is 19.0 Å². The number of carbonyl (C=O) groups excluding carboxylic acids is 2. The normalized spacial score (nSPS) is 21.8. The first-order chi connectivity index (χ1) is 17.2. The van der Waals surface area contributed by atoms with Crippen LogP contribution in [-0.4, -0.2) is 63.4 Å². The van der Waals surface area contributed by atoms with Crippen molar-refractivity contribution in [3.8, 4) is 0 Å². The first kappa shape index (κ1) is 26.4. The Morgan fingerprint density at radius 2 is 1.47 bits per heavy atom. The Morgan fingerprint density at radius 1 is 0.917 bits per heavy atom. The van der Waals surface area contributed by atoms with Crippen LogP contribution in [0.1, 0.15) is 30.4 Å². The average Bonchev–Trinajstić information content (AvgIpc) is 2.80. The molecule has 9 heteroatoms. The van der Waals surface area contributed by atoms with Gasteiger partial charge in [-0.15, -0.1) is 0 Å². The minimum absolute atomic E-state index is 0.0276. The molecule has 0 atom stereocenters. The topological polar surface area (TPSA) is 79.9 Å². The Labute approximate surface area is 216 Å². The molecule has 3 saturated carbocycles. The lowest BCUT2D eigenvalue weighted by atomic mass is 9.44. The summed E-state index contributed by atoms with van der Waals surface area (Å²) in [5.41, 5.74) is 2.59. The van der Waals surface area contributed by atoms with Gasteiger partial charge in [-0.3, -0.25) is 9.59 Å². The van der Waals surface area contributed by atoms with E-state index < -0.39 is 5.82 Å². The van der Waals surface area contributed by atoms with Crippen molar-refractivity contribution >= 4 is 29.1 Å². The van der Waals surface area contributed by atoms with Gasteiger partial charge in [-0.05, 0) is 67.5 Å². The maximum atomic E-state index is 13.5. The predicted molar refractivity (Wildman–Crippen MR) is 137 cm³/mol. The van der Waals surface area contributed by atoms with Crippen molar-refractivity contribution in [2.24, 2.45) is 0 Å². The van der Waals surface area contributed by atoms with E-state index in [1.165, 1.54) is 17.7 Å². The molecule has 2 aromatic rings. The molecule has 2 N–H and O–H groups in total. The summed E-state index contributed by atoms with van der Waals surface area (Å²) in [6.07, 6.45) is 3.40. The number of rotatable bonds is 13. The van der Waals surface area contributed by atoms with E-state index in [-0.39, 0.29) is 41.1 Å². The maximum absolute atomic E-state index is 13.5. The van der Waals surface area contributed by atoms with Crippen molar-refractivity contribution in [3.63, 3.8) is 0 Å². The monoisotopic (exact) mass is 517 g/mol. The number of hydrogen-bond acceptors (Lipinski definition) is 5. The van der Waals surface area contributed by atoms with E-state index in [1.807, 2.05) is 20.2 Å². The third-order valence-corrected chi connectivity index (χ3v) is 7.09. The number of nitrogens with zero attached hydrogens (tertiary/aromatic N) is 1. The Hall–Kier alpha value is -2.68. The second kappa shape index (κ2) is 11.2. The molecule has 0 saturated heterocycles. The van der Waals surface area contributed by atoms with Gasteiger partial charge in [-0.2, -0.15) is 0 Å². The number of ether oxygens (including phenoxy) is 2. The van der Waals surface area contributed by atoms with Gasteiger partial charge in [-0.1, -0.05) is 29.8 Å². The van der Waals surface area contributed by atoms with Crippen LogP contribution in [0.5, 0.6) is 0 Å². The van der Waals surface area contributed by atoms with Crippen LogP contribution in [0.4, 0.5) is 10.1 Å². The number of halogens is 2. The van der Waals surface area contributed by atoms with Crippen molar-refractivity contribution in [3.05, 3.63) is 64.4 Å². The fraction of sp³-hybridized carbons (Fsp3) is 0.481. The second-order valence-corrected chi connectivity index (χ2v) is 10.5. The quantitative estimate of drug-likeness (QED) is 0.399.